The molecule has 3 nitrogen and oxygen atoms in total. The van der Waals surface area contributed by atoms with Crippen LogP contribution in [-0.4, -0.2) is 6.04 Å². The van der Waals surface area contributed by atoms with Gasteiger partial charge in [0.2, 0.25) is 0 Å². The predicted octanol–water partition coefficient (Wildman–Crippen LogP) is 4.55. The quantitative estimate of drug-likeness (QED) is 0.865. The van der Waals surface area contributed by atoms with Gasteiger partial charge in [-0.1, -0.05) is 34.5 Å². The maximum Gasteiger partial charge on any atom is 0.171 e. The molecule has 0 fully saturated rings. The second-order valence-electron chi connectivity index (χ2n) is 4.20. The molecule has 0 aliphatic carbocycles. The lowest BCUT2D eigenvalue weighted by Gasteiger charge is -2.23. The van der Waals surface area contributed by atoms with E-state index < -0.39 is 0 Å². The van der Waals surface area contributed by atoms with Gasteiger partial charge in [0.05, 0.1) is 11.3 Å². The minimum atomic E-state index is -0.355. The highest BCUT2D eigenvalue weighted by molar-refractivity contribution is 9.10. The van der Waals surface area contributed by atoms with Gasteiger partial charge in [-0.2, -0.15) is 0 Å². The van der Waals surface area contributed by atoms with Gasteiger partial charge in [0, 0.05) is 10.5 Å². The molecular formula is C14H15BrClNO2. The molecule has 0 bridgehead atoms. The summed E-state index contributed by atoms with van der Waals surface area (Å²) in [5.41, 5.74) is 6.10. The average Bonchev–Trinajstić information content (AvgIpc) is 2.92. The van der Waals surface area contributed by atoms with Gasteiger partial charge in [-0.25, -0.2) is 0 Å². The third-order valence-corrected chi connectivity index (χ3v) is 3.64. The van der Waals surface area contributed by atoms with E-state index in [1.54, 1.807) is 12.3 Å². The summed E-state index contributed by atoms with van der Waals surface area (Å²) in [5, 5.41) is 0.544. The molecular weight excluding hydrogens is 330 g/mol. The van der Waals surface area contributed by atoms with Crippen molar-refractivity contribution in [3.05, 3.63) is 51.9 Å². The fourth-order valence-electron chi connectivity index (χ4n) is 1.73. The summed E-state index contributed by atoms with van der Waals surface area (Å²) in [6.45, 7) is 2.01. The lowest BCUT2D eigenvalue weighted by atomic mass is 10.1. The predicted molar refractivity (Wildman–Crippen MR) is 79.5 cm³/mol. The number of hydrogen-bond donors (Lipinski definition) is 1. The van der Waals surface area contributed by atoms with Gasteiger partial charge >= 0.3 is 0 Å². The second kappa shape index (κ2) is 6.46. The molecule has 0 saturated carbocycles. The van der Waals surface area contributed by atoms with Crippen LogP contribution in [0.25, 0.3) is 0 Å². The largest absolute Gasteiger partial charge is 0.479 e. The molecule has 0 aliphatic rings. The molecule has 0 spiro atoms. The van der Waals surface area contributed by atoms with Crippen LogP contribution in [0.1, 0.15) is 25.2 Å². The maximum absolute atomic E-state index is 6.13. The zero-order valence-electron chi connectivity index (χ0n) is 10.5. The van der Waals surface area contributed by atoms with Crippen molar-refractivity contribution in [3.8, 4) is 5.75 Å². The fraction of sp³-hybridized carbons (Fsp3) is 0.286. The standard InChI is InChI=1S/C14H15BrClNO2/c1-2-11(17)14(12-4-3-7-18-12)19-13-8-9(15)5-6-10(13)16/h3-8,11,14H,2,17H2,1H3. The molecule has 0 saturated heterocycles. The molecule has 1 heterocycles. The third kappa shape index (κ3) is 3.53. The maximum atomic E-state index is 6.13. The van der Waals surface area contributed by atoms with Gasteiger partial charge in [-0.3, -0.25) is 0 Å². The second-order valence-corrected chi connectivity index (χ2v) is 5.52. The van der Waals surface area contributed by atoms with Gasteiger partial charge in [0.1, 0.15) is 11.5 Å². The lowest BCUT2D eigenvalue weighted by molar-refractivity contribution is 0.145. The van der Waals surface area contributed by atoms with Crippen LogP contribution in [0.4, 0.5) is 0 Å². The normalized spacial score (nSPS) is 14.1. The highest BCUT2D eigenvalue weighted by atomic mass is 79.9. The Morgan fingerprint density at radius 1 is 1.42 bits per heavy atom. The zero-order valence-corrected chi connectivity index (χ0v) is 12.8. The molecule has 102 valence electrons. The Kier molecular flexibility index (Phi) is 4.91. The van der Waals surface area contributed by atoms with E-state index in [2.05, 4.69) is 15.9 Å². The van der Waals surface area contributed by atoms with E-state index in [0.717, 1.165) is 10.9 Å². The molecule has 2 rings (SSSR count). The number of furan rings is 1. The Labute approximate surface area is 125 Å². The SMILES string of the molecule is CCC(N)C(Oc1cc(Br)ccc1Cl)c1ccco1. The van der Waals surface area contributed by atoms with Crippen LogP contribution in [0, 0.1) is 0 Å². The van der Waals surface area contributed by atoms with Crippen LogP contribution in [0.15, 0.2) is 45.5 Å². The Bertz CT molecular complexity index is 530. The van der Waals surface area contributed by atoms with Crippen molar-refractivity contribution in [3.63, 3.8) is 0 Å². The molecule has 2 N–H and O–H groups in total. The topological polar surface area (TPSA) is 48.4 Å². The minimum Gasteiger partial charge on any atom is -0.479 e. The summed E-state index contributed by atoms with van der Waals surface area (Å²) < 4.78 is 12.2. The summed E-state index contributed by atoms with van der Waals surface area (Å²) in [6.07, 6.45) is 2.03. The van der Waals surface area contributed by atoms with Gasteiger partial charge in [0.25, 0.3) is 0 Å². The first-order chi connectivity index (χ1) is 9.11. The van der Waals surface area contributed by atoms with Crippen molar-refractivity contribution in [2.75, 3.05) is 0 Å². The van der Waals surface area contributed by atoms with Crippen molar-refractivity contribution in [1.29, 1.82) is 0 Å². The molecule has 2 unspecified atom stereocenters. The number of ether oxygens (including phenoxy) is 1. The summed E-state index contributed by atoms with van der Waals surface area (Å²) in [6, 6.07) is 8.96. The summed E-state index contributed by atoms with van der Waals surface area (Å²) in [7, 11) is 0. The number of nitrogens with two attached hydrogens (primary N) is 1. The summed E-state index contributed by atoms with van der Waals surface area (Å²) in [4.78, 5) is 0. The van der Waals surface area contributed by atoms with Crippen LogP contribution < -0.4 is 10.5 Å². The number of benzene rings is 1. The van der Waals surface area contributed by atoms with Crippen molar-refractivity contribution < 1.29 is 9.15 Å². The minimum absolute atomic E-state index is 0.166. The van der Waals surface area contributed by atoms with E-state index in [9.17, 15) is 0 Å². The van der Waals surface area contributed by atoms with Crippen LogP contribution in [0.5, 0.6) is 5.75 Å². The van der Waals surface area contributed by atoms with Crippen LogP contribution in [0.3, 0.4) is 0 Å². The fourth-order valence-corrected chi connectivity index (χ4v) is 2.23. The van der Waals surface area contributed by atoms with E-state index in [1.165, 1.54) is 0 Å². The van der Waals surface area contributed by atoms with Gasteiger partial charge < -0.3 is 14.9 Å². The molecule has 0 radical (unpaired) electrons. The number of rotatable bonds is 5. The average molecular weight is 345 g/mol. The first-order valence-corrected chi connectivity index (χ1v) is 7.19. The van der Waals surface area contributed by atoms with Gasteiger partial charge in [0.15, 0.2) is 6.10 Å². The highest BCUT2D eigenvalue weighted by Crippen LogP contribution is 2.33. The smallest absolute Gasteiger partial charge is 0.171 e. The molecule has 2 atom stereocenters. The number of halogens is 2. The first kappa shape index (κ1) is 14.4. The molecule has 1 aromatic heterocycles. The highest BCUT2D eigenvalue weighted by Gasteiger charge is 2.24. The monoisotopic (exact) mass is 343 g/mol. The molecule has 0 aliphatic heterocycles. The zero-order chi connectivity index (χ0) is 13.8. The van der Waals surface area contributed by atoms with E-state index in [-0.39, 0.29) is 12.1 Å². The molecule has 2 aromatic rings. The van der Waals surface area contributed by atoms with Crippen molar-refractivity contribution >= 4 is 27.5 Å². The molecule has 19 heavy (non-hydrogen) atoms. The van der Waals surface area contributed by atoms with E-state index in [0.29, 0.717) is 16.5 Å². The Balaban J connectivity index is 2.28. The lowest BCUT2D eigenvalue weighted by Crippen LogP contribution is -2.31. The van der Waals surface area contributed by atoms with E-state index >= 15 is 0 Å². The van der Waals surface area contributed by atoms with Crippen molar-refractivity contribution in [1.82, 2.24) is 0 Å². The Morgan fingerprint density at radius 3 is 2.84 bits per heavy atom. The van der Waals surface area contributed by atoms with Crippen molar-refractivity contribution in [2.45, 2.75) is 25.5 Å². The van der Waals surface area contributed by atoms with Gasteiger partial charge in [-0.05, 0) is 36.8 Å². The molecule has 5 heteroatoms. The van der Waals surface area contributed by atoms with Crippen molar-refractivity contribution in [2.24, 2.45) is 5.73 Å². The van der Waals surface area contributed by atoms with Gasteiger partial charge in [-0.15, -0.1) is 0 Å². The van der Waals surface area contributed by atoms with Crippen LogP contribution in [-0.2, 0) is 0 Å². The first-order valence-electron chi connectivity index (χ1n) is 6.02. The molecule has 1 aromatic carbocycles. The Morgan fingerprint density at radius 2 is 2.21 bits per heavy atom. The Hall–Kier alpha value is -0.970. The molecule has 0 amide bonds. The van der Waals surface area contributed by atoms with E-state index in [1.807, 2.05) is 31.2 Å². The third-order valence-electron chi connectivity index (χ3n) is 2.83. The summed E-state index contributed by atoms with van der Waals surface area (Å²) in [5.74, 6) is 1.28. The number of hydrogen-bond acceptors (Lipinski definition) is 3. The summed E-state index contributed by atoms with van der Waals surface area (Å²) >= 11 is 9.53. The van der Waals surface area contributed by atoms with E-state index in [4.69, 9.17) is 26.5 Å². The van der Waals surface area contributed by atoms with Crippen LogP contribution >= 0.6 is 27.5 Å². The van der Waals surface area contributed by atoms with Crippen LogP contribution in [0.2, 0.25) is 5.02 Å².